The van der Waals surface area contributed by atoms with Crippen LogP contribution in [0.5, 0.6) is 0 Å². The summed E-state index contributed by atoms with van der Waals surface area (Å²) in [5.74, 6) is -0.670. The van der Waals surface area contributed by atoms with Crippen molar-refractivity contribution < 1.29 is 28.6 Å². The first kappa shape index (κ1) is 23.4. The van der Waals surface area contributed by atoms with Gasteiger partial charge in [-0.25, -0.2) is 4.39 Å². The summed E-state index contributed by atoms with van der Waals surface area (Å²) in [6.07, 6.45) is -0.0525. The molecule has 0 bridgehead atoms. The molecule has 2 heterocycles. The van der Waals surface area contributed by atoms with Crippen LogP contribution in [-0.2, 0) is 20.8 Å². The zero-order valence-corrected chi connectivity index (χ0v) is 18.4. The molecule has 2 aliphatic heterocycles. The highest BCUT2D eigenvalue weighted by Gasteiger charge is 2.40. The molecule has 0 saturated carbocycles. The van der Waals surface area contributed by atoms with Gasteiger partial charge in [-0.1, -0.05) is 30.3 Å². The highest BCUT2D eigenvalue weighted by molar-refractivity contribution is 5.94. The minimum Gasteiger partial charge on any atom is -0.389 e. The average Bonchev–Trinajstić information content (AvgIpc) is 2.81. The van der Waals surface area contributed by atoms with Crippen LogP contribution in [0.25, 0.3) is 0 Å². The van der Waals surface area contributed by atoms with Gasteiger partial charge < -0.3 is 24.8 Å². The lowest BCUT2D eigenvalue weighted by Gasteiger charge is -2.44. The number of carbonyl (C=O) groups excluding carboxylic acids is 2. The van der Waals surface area contributed by atoms with Gasteiger partial charge in [-0.15, -0.1) is 0 Å². The van der Waals surface area contributed by atoms with Crippen molar-refractivity contribution in [3.63, 3.8) is 0 Å². The van der Waals surface area contributed by atoms with E-state index in [0.717, 1.165) is 0 Å². The third-order valence-electron chi connectivity index (χ3n) is 6.05. The summed E-state index contributed by atoms with van der Waals surface area (Å²) >= 11 is 0. The molecule has 0 aliphatic carbocycles. The van der Waals surface area contributed by atoms with Crippen molar-refractivity contribution in [2.24, 2.45) is 0 Å². The average molecular weight is 457 g/mol. The van der Waals surface area contributed by atoms with E-state index in [-0.39, 0.29) is 68.6 Å². The number of hydrogen-bond acceptors (Lipinski definition) is 5. The number of fused-ring (bicyclic) bond motifs is 1. The molecule has 0 aromatic heterocycles. The molecule has 7 nitrogen and oxygen atoms in total. The van der Waals surface area contributed by atoms with E-state index in [9.17, 15) is 19.1 Å². The van der Waals surface area contributed by atoms with Crippen LogP contribution in [0.4, 0.5) is 4.39 Å². The van der Waals surface area contributed by atoms with Crippen LogP contribution >= 0.6 is 0 Å². The summed E-state index contributed by atoms with van der Waals surface area (Å²) in [6, 6.07) is 14.8. The Labute approximate surface area is 192 Å². The normalized spacial score (nSPS) is 25.5. The number of carbonyl (C=O) groups is 2. The molecule has 2 aliphatic rings. The predicted molar refractivity (Wildman–Crippen MR) is 119 cm³/mol. The molecule has 2 aromatic rings. The molecule has 33 heavy (non-hydrogen) atoms. The summed E-state index contributed by atoms with van der Waals surface area (Å²) in [5, 5.41) is 13.1. The number of benzene rings is 2. The molecular weight excluding hydrogens is 427 g/mol. The van der Waals surface area contributed by atoms with Crippen LogP contribution < -0.4 is 5.32 Å². The zero-order chi connectivity index (χ0) is 23.2. The van der Waals surface area contributed by atoms with Crippen LogP contribution in [-0.4, -0.2) is 65.9 Å². The van der Waals surface area contributed by atoms with Crippen molar-refractivity contribution >= 4 is 11.8 Å². The summed E-state index contributed by atoms with van der Waals surface area (Å²) in [5.41, 5.74) is 1.25. The number of aliphatic hydroxyl groups is 1. The Morgan fingerprint density at radius 1 is 1.09 bits per heavy atom. The van der Waals surface area contributed by atoms with Crippen LogP contribution in [0, 0.1) is 5.82 Å². The number of amides is 2. The molecule has 2 amide bonds. The van der Waals surface area contributed by atoms with Gasteiger partial charge in [-0.2, -0.15) is 0 Å². The van der Waals surface area contributed by atoms with E-state index >= 15 is 0 Å². The predicted octanol–water partition coefficient (Wildman–Crippen LogP) is 2.28. The molecule has 4 rings (SSSR count). The Kier molecular flexibility index (Phi) is 7.69. The van der Waals surface area contributed by atoms with Gasteiger partial charge in [0.15, 0.2) is 0 Å². The van der Waals surface area contributed by atoms with Crippen LogP contribution in [0.1, 0.15) is 35.2 Å². The zero-order valence-electron chi connectivity index (χ0n) is 18.4. The number of aliphatic hydroxyl groups excluding tert-OH is 1. The van der Waals surface area contributed by atoms with Crippen molar-refractivity contribution in [3.05, 3.63) is 71.5 Å². The third kappa shape index (κ3) is 6.16. The Morgan fingerprint density at radius 3 is 2.70 bits per heavy atom. The molecule has 8 heteroatoms. The minimum absolute atomic E-state index is 0.115. The first-order valence-electron chi connectivity index (χ1n) is 11.3. The number of hydrogen-bond donors (Lipinski definition) is 2. The monoisotopic (exact) mass is 456 g/mol. The maximum absolute atomic E-state index is 13.3. The van der Waals surface area contributed by atoms with Gasteiger partial charge in [-0.3, -0.25) is 9.59 Å². The third-order valence-corrected chi connectivity index (χ3v) is 6.05. The second-order valence-corrected chi connectivity index (χ2v) is 8.57. The smallest absolute Gasteiger partial charge is 0.254 e. The topological polar surface area (TPSA) is 88.1 Å². The van der Waals surface area contributed by atoms with Crippen molar-refractivity contribution in [1.29, 1.82) is 0 Å². The van der Waals surface area contributed by atoms with Gasteiger partial charge in [0.1, 0.15) is 11.9 Å². The molecule has 2 aromatic carbocycles. The Balaban J connectivity index is 1.37. The largest absolute Gasteiger partial charge is 0.389 e. The van der Waals surface area contributed by atoms with Gasteiger partial charge >= 0.3 is 0 Å². The first-order valence-corrected chi connectivity index (χ1v) is 11.3. The standard InChI is InChI=1S/C25H29FN2O5/c26-19-8-4-5-17(11-19)13-27-24(30)12-21-9-10-22-23(33-21)16-32-15-20(29)14-28(22)25(31)18-6-2-1-3-7-18/h1-8,11,20-23,29H,9-10,12-16H2,(H,27,30)/t20-,21-,22-,23+/m0/s1. The van der Waals surface area contributed by atoms with E-state index in [2.05, 4.69) is 5.32 Å². The molecular formula is C25H29FN2O5. The molecule has 176 valence electrons. The summed E-state index contributed by atoms with van der Waals surface area (Å²) in [4.78, 5) is 27.3. The summed E-state index contributed by atoms with van der Waals surface area (Å²) in [7, 11) is 0. The Morgan fingerprint density at radius 2 is 1.91 bits per heavy atom. The van der Waals surface area contributed by atoms with E-state index in [4.69, 9.17) is 9.47 Å². The molecule has 0 spiro atoms. The molecule has 4 atom stereocenters. The lowest BCUT2D eigenvalue weighted by Crippen LogP contribution is -2.57. The van der Waals surface area contributed by atoms with E-state index in [1.807, 2.05) is 18.2 Å². The van der Waals surface area contributed by atoms with Crippen LogP contribution in [0.3, 0.4) is 0 Å². The van der Waals surface area contributed by atoms with Gasteiger partial charge in [-0.05, 0) is 42.7 Å². The molecule has 0 unspecified atom stereocenters. The fraction of sp³-hybridized carbons (Fsp3) is 0.440. The lowest BCUT2D eigenvalue weighted by atomic mass is 9.94. The van der Waals surface area contributed by atoms with E-state index in [1.165, 1.54) is 12.1 Å². The van der Waals surface area contributed by atoms with E-state index in [0.29, 0.717) is 24.0 Å². The number of halogens is 1. The SMILES string of the molecule is O=C(C[C@@H]1CC[C@H]2[C@@H](COC[C@@H](O)CN2C(=O)c2ccccc2)O1)NCc1cccc(F)c1. The number of ether oxygens (including phenoxy) is 2. The quantitative estimate of drug-likeness (QED) is 0.721. The molecule has 2 saturated heterocycles. The second kappa shape index (κ2) is 10.9. The maximum Gasteiger partial charge on any atom is 0.254 e. The highest BCUT2D eigenvalue weighted by Crippen LogP contribution is 2.28. The fourth-order valence-corrected chi connectivity index (χ4v) is 4.45. The minimum atomic E-state index is -0.773. The van der Waals surface area contributed by atoms with Crippen molar-refractivity contribution in [2.75, 3.05) is 19.8 Å². The number of rotatable bonds is 5. The first-order chi connectivity index (χ1) is 16.0. The van der Waals surface area contributed by atoms with Gasteiger partial charge in [0, 0.05) is 18.7 Å². The summed E-state index contributed by atoms with van der Waals surface area (Å²) in [6.45, 7) is 0.762. The maximum atomic E-state index is 13.3. The fourth-order valence-electron chi connectivity index (χ4n) is 4.45. The summed E-state index contributed by atoms with van der Waals surface area (Å²) < 4.78 is 25.1. The van der Waals surface area contributed by atoms with Crippen LogP contribution in [0.2, 0.25) is 0 Å². The number of nitrogens with zero attached hydrogens (tertiary/aromatic N) is 1. The number of nitrogens with one attached hydrogen (secondary N) is 1. The lowest BCUT2D eigenvalue weighted by molar-refractivity contribution is -0.151. The van der Waals surface area contributed by atoms with Gasteiger partial charge in [0.25, 0.3) is 5.91 Å². The van der Waals surface area contributed by atoms with E-state index < -0.39 is 6.10 Å². The second-order valence-electron chi connectivity index (χ2n) is 8.57. The van der Waals surface area contributed by atoms with Crippen LogP contribution in [0.15, 0.2) is 54.6 Å². The number of β-amino-alcohol motifs (C(OH)–C–C–N with tert-alkyl or cyclic N) is 1. The van der Waals surface area contributed by atoms with Crippen molar-refractivity contribution in [2.45, 2.75) is 50.2 Å². The Bertz CT molecular complexity index is 957. The van der Waals surface area contributed by atoms with Crippen molar-refractivity contribution in [3.8, 4) is 0 Å². The van der Waals surface area contributed by atoms with Gasteiger partial charge in [0.05, 0.1) is 37.9 Å². The molecule has 2 fully saturated rings. The highest BCUT2D eigenvalue weighted by atomic mass is 19.1. The van der Waals surface area contributed by atoms with Gasteiger partial charge in [0.2, 0.25) is 5.91 Å². The Hall–Kier alpha value is -2.81. The molecule has 2 N–H and O–H groups in total. The van der Waals surface area contributed by atoms with Crippen molar-refractivity contribution in [1.82, 2.24) is 10.2 Å². The van der Waals surface area contributed by atoms with E-state index in [1.54, 1.807) is 29.2 Å². The molecule has 0 radical (unpaired) electrons.